The van der Waals surface area contributed by atoms with Crippen molar-refractivity contribution in [1.29, 1.82) is 0 Å². The highest BCUT2D eigenvalue weighted by Gasteiger charge is 2.52. The van der Waals surface area contributed by atoms with Gasteiger partial charge in [-0.1, -0.05) is 13.3 Å². The molecule has 2 saturated carbocycles. The van der Waals surface area contributed by atoms with Crippen molar-refractivity contribution in [1.82, 2.24) is 5.32 Å². The summed E-state index contributed by atoms with van der Waals surface area (Å²) in [5.41, 5.74) is 0.686. The fourth-order valence-corrected chi connectivity index (χ4v) is 5.15. The smallest absolute Gasteiger partial charge is 0.0631 e. The van der Waals surface area contributed by atoms with Crippen molar-refractivity contribution < 1.29 is 4.74 Å². The third-order valence-corrected chi connectivity index (χ3v) is 6.02. The molecule has 1 N–H and O–H groups in total. The fraction of sp³-hybridized carbons (Fsp3) is 1.00. The maximum atomic E-state index is 6.30. The molecule has 0 amide bonds. The van der Waals surface area contributed by atoms with Gasteiger partial charge in [0, 0.05) is 6.54 Å². The quantitative estimate of drug-likeness (QED) is 0.817. The van der Waals surface area contributed by atoms with Crippen LogP contribution >= 0.6 is 0 Å². The maximum Gasteiger partial charge on any atom is 0.0631 e. The van der Waals surface area contributed by atoms with E-state index in [9.17, 15) is 0 Å². The first kappa shape index (κ1) is 13.9. The number of rotatable bonds is 5. The van der Waals surface area contributed by atoms with E-state index in [2.05, 4.69) is 26.1 Å². The maximum absolute atomic E-state index is 6.30. The lowest BCUT2D eigenvalue weighted by atomic mass is 9.69. The number of hydrogen-bond donors (Lipinski definition) is 1. The van der Waals surface area contributed by atoms with Gasteiger partial charge in [0.15, 0.2) is 0 Å². The first-order valence-electron chi connectivity index (χ1n) is 8.41. The molecule has 19 heavy (non-hydrogen) atoms. The van der Waals surface area contributed by atoms with E-state index in [0.717, 1.165) is 18.4 Å². The largest absolute Gasteiger partial charge is 0.372 e. The van der Waals surface area contributed by atoms with Gasteiger partial charge in [0.05, 0.1) is 11.7 Å². The lowest BCUT2D eigenvalue weighted by Crippen LogP contribution is -2.41. The van der Waals surface area contributed by atoms with Crippen LogP contribution < -0.4 is 5.32 Å². The van der Waals surface area contributed by atoms with Crippen LogP contribution in [0.5, 0.6) is 0 Å². The Morgan fingerprint density at radius 3 is 2.58 bits per heavy atom. The summed E-state index contributed by atoms with van der Waals surface area (Å²) in [6.45, 7) is 9.08. The van der Waals surface area contributed by atoms with Crippen LogP contribution in [0.25, 0.3) is 0 Å². The molecule has 2 bridgehead atoms. The molecule has 0 spiro atoms. The van der Waals surface area contributed by atoms with Crippen LogP contribution in [0.4, 0.5) is 0 Å². The molecule has 3 fully saturated rings. The number of ether oxygens (including phenoxy) is 1. The Bertz CT molecular complexity index is 327. The Labute approximate surface area is 118 Å². The Morgan fingerprint density at radius 2 is 2.05 bits per heavy atom. The summed E-state index contributed by atoms with van der Waals surface area (Å²) in [5.74, 6) is 2.00. The summed E-state index contributed by atoms with van der Waals surface area (Å²) in [4.78, 5) is 0. The molecular formula is C17H31NO. The van der Waals surface area contributed by atoms with Gasteiger partial charge < -0.3 is 10.1 Å². The van der Waals surface area contributed by atoms with Crippen molar-refractivity contribution in [2.45, 2.75) is 77.4 Å². The molecule has 4 unspecified atom stereocenters. The Hall–Kier alpha value is -0.0800. The van der Waals surface area contributed by atoms with E-state index >= 15 is 0 Å². The molecule has 0 aromatic rings. The van der Waals surface area contributed by atoms with Gasteiger partial charge in [0.25, 0.3) is 0 Å². The Kier molecular flexibility index (Phi) is 3.68. The van der Waals surface area contributed by atoms with E-state index < -0.39 is 0 Å². The third kappa shape index (κ3) is 2.71. The van der Waals surface area contributed by atoms with Crippen LogP contribution in [-0.4, -0.2) is 24.8 Å². The second-order valence-corrected chi connectivity index (χ2v) is 7.97. The minimum Gasteiger partial charge on any atom is -0.372 e. The molecule has 1 aliphatic heterocycles. The van der Waals surface area contributed by atoms with Gasteiger partial charge in [0.2, 0.25) is 0 Å². The molecule has 0 aromatic heterocycles. The first-order chi connectivity index (χ1) is 9.03. The summed E-state index contributed by atoms with van der Waals surface area (Å²) < 4.78 is 6.30. The summed E-state index contributed by atoms with van der Waals surface area (Å²) in [5, 5.41) is 3.66. The van der Waals surface area contributed by atoms with Crippen molar-refractivity contribution in [3.63, 3.8) is 0 Å². The van der Waals surface area contributed by atoms with Gasteiger partial charge in [-0.2, -0.15) is 0 Å². The van der Waals surface area contributed by atoms with Crippen LogP contribution in [0.1, 0.15) is 65.7 Å². The second kappa shape index (κ2) is 5.04. The van der Waals surface area contributed by atoms with Crippen molar-refractivity contribution in [2.75, 3.05) is 13.1 Å². The van der Waals surface area contributed by atoms with Gasteiger partial charge >= 0.3 is 0 Å². The monoisotopic (exact) mass is 265 g/mol. The molecular weight excluding hydrogens is 234 g/mol. The minimum absolute atomic E-state index is 0.127. The van der Waals surface area contributed by atoms with E-state index in [0.29, 0.717) is 11.5 Å². The predicted molar refractivity (Wildman–Crippen MR) is 79.2 cm³/mol. The lowest BCUT2D eigenvalue weighted by molar-refractivity contribution is -0.0441. The fourth-order valence-electron chi connectivity index (χ4n) is 5.15. The topological polar surface area (TPSA) is 21.3 Å². The zero-order valence-electron chi connectivity index (χ0n) is 13.0. The Morgan fingerprint density at radius 1 is 1.21 bits per heavy atom. The highest BCUT2D eigenvalue weighted by Crippen LogP contribution is 2.58. The second-order valence-electron chi connectivity index (χ2n) is 7.97. The highest BCUT2D eigenvalue weighted by molar-refractivity contribution is 5.03. The Balaban J connectivity index is 1.67. The van der Waals surface area contributed by atoms with Crippen molar-refractivity contribution >= 4 is 0 Å². The van der Waals surface area contributed by atoms with Gasteiger partial charge in [0.1, 0.15) is 0 Å². The molecule has 3 aliphatic rings. The van der Waals surface area contributed by atoms with E-state index in [1.165, 1.54) is 51.5 Å². The summed E-state index contributed by atoms with van der Waals surface area (Å²) in [6, 6.07) is 0. The first-order valence-corrected chi connectivity index (χ1v) is 8.41. The normalized spacial score (nSPS) is 44.1. The molecule has 3 rings (SSSR count). The number of fused-ring (bicyclic) bond motifs is 2. The average molecular weight is 265 g/mol. The molecule has 2 heteroatoms. The van der Waals surface area contributed by atoms with Gasteiger partial charge in [-0.05, 0) is 76.2 Å². The van der Waals surface area contributed by atoms with Crippen LogP contribution in [0.3, 0.4) is 0 Å². The molecule has 2 nitrogen and oxygen atoms in total. The standard InChI is InChI=1S/C17H31NO/c1-4-18-12-17(10-13-5-6-14(17)9-13)11-15-7-8-16(2,3)19-15/h13-15,18H,4-12H2,1-3H3. The van der Waals surface area contributed by atoms with Crippen LogP contribution in [0, 0.1) is 17.3 Å². The highest BCUT2D eigenvalue weighted by atomic mass is 16.5. The molecule has 1 saturated heterocycles. The number of nitrogens with one attached hydrogen (secondary N) is 1. The summed E-state index contributed by atoms with van der Waals surface area (Å²) in [6.07, 6.45) is 10.3. The molecule has 4 atom stereocenters. The van der Waals surface area contributed by atoms with Gasteiger partial charge in [-0.25, -0.2) is 0 Å². The molecule has 110 valence electrons. The third-order valence-electron chi connectivity index (χ3n) is 6.02. The molecule has 1 heterocycles. The van der Waals surface area contributed by atoms with E-state index in [4.69, 9.17) is 4.74 Å². The summed E-state index contributed by atoms with van der Waals surface area (Å²) in [7, 11) is 0. The van der Waals surface area contributed by atoms with E-state index in [1.807, 2.05) is 0 Å². The van der Waals surface area contributed by atoms with E-state index in [-0.39, 0.29) is 5.60 Å². The predicted octanol–water partition coefficient (Wildman–Crippen LogP) is 3.75. The van der Waals surface area contributed by atoms with Crippen LogP contribution in [-0.2, 0) is 4.74 Å². The lowest BCUT2D eigenvalue weighted by Gasteiger charge is -2.40. The molecule has 0 radical (unpaired) electrons. The zero-order chi connectivity index (χ0) is 13.5. The molecule has 2 aliphatic carbocycles. The zero-order valence-corrected chi connectivity index (χ0v) is 13.0. The van der Waals surface area contributed by atoms with Crippen LogP contribution in [0.15, 0.2) is 0 Å². The number of hydrogen-bond acceptors (Lipinski definition) is 2. The summed E-state index contributed by atoms with van der Waals surface area (Å²) >= 11 is 0. The van der Waals surface area contributed by atoms with E-state index in [1.54, 1.807) is 0 Å². The van der Waals surface area contributed by atoms with Gasteiger partial charge in [-0.3, -0.25) is 0 Å². The van der Waals surface area contributed by atoms with Crippen molar-refractivity contribution in [2.24, 2.45) is 17.3 Å². The van der Waals surface area contributed by atoms with Crippen molar-refractivity contribution in [3.05, 3.63) is 0 Å². The van der Waals surface area contributed by atoms with Crippen molar-refractivity contribution in [3.8, 4) is 0 Å². The minimum atomic E-state index is 0.127. The molecule has 0 aromatic carbocycles. The van der Waals surface area contributed by atoms with Gasteiger partial charge in [-0.15, -0.1) is 0 Å². The van der Waals surface area contributed by atoms with Crippen LogP contribution in [0.2, 0.25) is 0 Å². The average Bonchev–Trinajstić information content (AvgIpc) is 3.02. The SMILES string of the molecule is CCNCC1(CC2CCC(C)(C)O2)CC2CCC1C2.